The van der Waals surface area contributed by atoms with Gasteiger partial charge in [-0.1, -0.05) is 27.7 Å². The molecular weight excluding hydrogens is 380 g/mol. The third kappa shape index (κ3) is 2.80. The Morgan fingerprint density at radius 1 is 1.10 bits per heavy atom. The van der Waals surface area contributed by atoms with Gasteiger partial charge in [0.1, 0.15) is 22.8 Å². The molecule has 0 amide bonds. The Kier molecular flexibility index (Phi) is 5.14. The van der Waals surface area contributed by atoms with E-state index in [-0.39, 0.29) is 22.7 Å². The molecule has 1 aliphatic heterocycles. The smallest absolute Gasteiger partial charge is 0.157 e. The maximum atomic E-state index is 12.2. The summed E-state index contributed by atoms with van der Waals surface area (Å²) in [4.78, 5) is 24.2. The van der Waals surface area contributed by atoms with Crippen molar-refractivity contribution in [3.05, 3.63) is 16.7 Å². The highest BCUT2D eigenvalue weighted by atomic mass is 16.5. The second-order valence-corrected chi connectivity index (χ2v) is 10.4. The first kappa shape index (κ1) is 21.2. The summed E-state index contributed by atoms with van der Waals surface area (Å²) in [5.74, 6) is 3.17. The maximum absolute atomic E-state index is 12.2. The number of rotatable bonds is 6. The molecule has 1 aromatic carbocycles. The summed E-state index contributed by atoms with van der Waals surface area (Å²) in [6, 6.07) is 0. The van der Waals surface area contributed by atoms with Crippen molar-refractivity contribution in [2.24, 2.45) is 23.2 Å². The highest BCUT2D eigenvalue weighted by molar-refractivity contribution is 5.95. The monoisotopic (exact) mass is 414 g/mol. The zero-order valence-electron chi connectivity index (χ0n) is 19.0. The minimum atomic E-state index is -0.277. The predicted molar refractivity (Wildman–Crippen MR) is 115 cm³/mol. The molecule has 1 spiro atoms. The van der Waals surface area contributed by atoms with Crippen LogP contribution >= 0.6 is 0 Å². The SMILES string of the molecule is COc1c(C=O)c(OC)c2c(c1C=O)O[C@]1(CC[C@H]3C[C@@H]1C3(C)C)C[C@@H]2CC(C)C. The van der Waals surface area contributed by atoms with Gasteiger partial charge in [-0.3, -0.25) is 9.59 Å². The molecule has 4 atom stereocenters. The van der Waals surface area contributed by atoms with E-state index in [9.17, 15) is 9.59 Å². The number of fused-ring (bicyclic) bond motifs is 2. The summed E-state index contributed by atoms with van der Waals surface area (Å²) < 4.78 is 18.1. The van der Waals surface area contributed by atoms with Crippen LogP contribution in [0.2, 0.25) is 0 Å². The largest absolute Gasteiger partial charge is 0.495 e. The summed E-state index contributed by atoms with van der Waals surface area (Å²) in [5.41, 5.74) is 1.46. The van der Waals surface area contributed by atoms with Crippen LogP contribution in [0.25, 0.3) is 0 Å². The minimum Gasteiger partial charge on any atom is -0.495 e. The van der Waals surface area contributed by atoms with Gasteiger partial charge < -0.3 is 14.2 Å². The van der Waals surface area contributed by atoms with E-state index >= 15 is 0 Å². The predicted octanol–water partition coefficient (Wildman–Crippen LogP) is 5.44. The van der Waals surface area contributed by atoms with E-state index in [2.05, 4.69) is 27.7 Å². The first-order valence-corrected chi connectivity index (χ1v) is 11.1. The summed E-state index contributed by atoms with van der Waals surface area (Å²) in [6.45, 7) is 9.15. The van der Waals surface area contributed by atoms with Gasteiger partial charge in [0.05, 0.1) is 25.3 Å². The van der Waals surface area contributed by atoms with Crippen molar-refractivity contribution in [3.63, 3.8) is 0 Å². The molecule has 5 nitrogen and oxygen atoms in total. The van der Waals surface area contributed by atoms with Gasteiger partial charge in [-0.05, 0) is 55.3 Å². The van der Waals surface area contributed by atoms with Crippen molar-refractivity contribution < 1.29 is 23.8 Å². The Balaban J connectivity index is 1.95. The quantitative estimate of drug-likeness (QED) is 0.580. The Morgan fingerprint density at radius 3 is 2.27 bits per heavy atom. The highest BCUT2D eigenvalue weighted by Gasteiger charge is 2.64. The number of benzene rings is 1. The number of carbonyl (C=O) groups is 2. The Morgan fingerprint density at radius 2 is 1.77 bits per heavy atom. The van der Waals surface area contributed by atoms with Crippen LogP contribution in [0.3, 0.4) is 0 Å². The van der Waals surface area contributed by atoms with Gasteiger partial charge in [0.25, 0.3) is 0 Å². The second kappa shape index (κ2) is 7.28. The maximum Gasteiger partial charge on any atom is 0.157 e. The van der Waals surface area contributed by atoms with Gasteiger partial charge in [0, 0.05) is 11.5 Å². The van der Waals surface area contributed by atoms with Crippen molar-refractivity contribution in [2.75, 3.05) is 14.2 Å². The number of hydrogen-bond donors (Lipinski definition) is 0. The van der Waals surface area contributed by atoms with Gasteiger partial charge in [-0.25, -0.2) is 0 Å². The van der Waals surface area contributed by atoms with Crippen LogP contribution in [-0.4, -0.2) is 32.4 Å². The number of hydrogen-bond acceptors (Lipinski definition) is 5. The summed E-state index contributed by atoms with van der Waals surface area (Å²) >= 11 is 0. The fourth-order valence-electron chi connectivity index (χ4n) is 6.77. The molecule has 1 aromatic rings. The third-order valence-corrected chi connectivity index (χ3v) is 8.19. The molecule has 4 aliphatic rings. The third-order valence-electron chi connectivity index (χ3n) is 8.19. The van der Waals surface area contributed by atoms with Crippen LogP contribution in [-0.2, 0) is 0 Å². The molecular formula is C25H34O5. The van der Waals surface area contributed by atoms with Crippen LogP contribution in [0.5, 0.6) is 17.2 Å². The second-order valence-electron chi connectivity index (χ2n) is 10.4. The van der Waals surface area contributed by atoms with Crippen LogP contribution < -0.4 is 14.2 Å². The lowest BCUT2D eigenvalue weighted by molar-refractivity contribution is -0.199. The lowest BCUT2D eigenvalue weighted by Crippen LogP contribution is -2.65. The Labute approximate surface area is 179 Å². The van der Waals surface area contributed by atoms with Crippen LogP contribution in [0, 0.1) is 23.2 Å². The summed E-state index contributed by atoms with van der Waals surface area (Å²) in [6.07, 6.45) is 6.71. The average molecular weight is 415 g/mol. The zero-order valence-corrected chi connectivity index (χ0v) is 19.0. The van der Waals surface area contributed by atoms with E-state index < -0.39 is 0 Å². The normalized spacial score (nSPS) is 30.8. The molecule has 3 saturated carbocycles. The molecule has 3 fully saturated rings. The standard InChI is InChI=1S/C25H34O5/c1-14(2)9-15-11-25(8-7-16-10-19(25)24(16,3)4)30-23-18(13-27)21(28-5)17(12-26)22(29-6)20(15)23/h12-16,19H,7-11H2,1-6H3/t15-,16-,19+,25+/m0/s1. The number of carbonyl (C=O) groups excluding carboxylic acids is 2. The van der Waals surface area contributed by atoms with Crippen LogP contribution in [0.15, 0.2) is 0 Å². The molecule has 5 heteroatoms. The van der Waals surface area contributed by atoms with E-state index in [0.29, 0.717) is 34.5 Å². The lowest BCUT2D eigenvalue weighted by Gasteiger charge is -2.66. The van der Waals surface area contributed by atoms with E-state index in [4.69, 9.17) is 14.2 Å². The van der Waals surface area contributed by atoms with Crippen molar-refractivity contribution in [3.8, 4) is 17.2 Å². The van der Waals surface area contributed by atoms with Crippen molar-refractivity contribution in [1.29, 1.82) is 0 Å². The van der Waals surface area contributed by atoms with Gasteiger partial charge in [-0.2, -0.15) is 0 Å². The van der Waals surface area contributed by atoms with E-state index in [0.717, 1.165) is 49.7 Å². The fraction of sp³-hybridized carbons (Fsp3) is 0.680. The lowest BCUT2D eigenvalue weighted by atomic mass is 9.42. The highest BCUT2D eigenvalue weighted by Crippen LogP contribution is 2.68. The first-order chi connectivity index (χ1) is 14.2. The van der Waals surface area contributed by atoms with Crippen molar-refractivity contribution >= 4 is 12.6 Å². The molecule has 3 aliphatic carbocycles. The van der Waals surface area contributed by atoms with Gasteiger partial charge in [-0.15, -0.1) is 0 Å². The molecule has 0 saturated heterocycles. The van der Waals surface area contributed by atoms with Gasteiger partial charge >= 0.3 is 0 Å². The van der Waals surface area contributed by atoms with E-state index in [1.54, 1.807) is 7.11 Å². The molecule has 0 radical (unpaired) electrons. The Bertz CT molecular complexity index is 869. The topological polar surface area (TPSA) is 61.8 Å². The molecule has 0 aromatic heterocycles. The average Bonchev–Trinajstić information content (AvgIpc) is 2.70. The number of ether oxygens (including phenoxy) is 3. The summed E-state index contributed by atoms with van der Waals surface area (Å²) in [7, 11) is 3.05. The van der Waals surface area contributed by atoms with Crippen molar-refractivity contribution in [2.45, 2.75) is 71.3 Å². The molecule has 1 heterocycles. The van der Waals surface area contributed by atoms with Crippen LogP contribution in [0.4, 0.5) is 0 Å². The molecule has 0 N–H and O–H groups in total. The molecule has 164 valence electrons. The molecule has 2 bridgehead atoms. The first-order valence-electron chi connectivity index (χ1n) is 11.1. The molecule has 0 unspecified atom stereocenters. The summed E-state index contributed by atoms with van der Waals surface area (Å²) in [5, 5.41) is 0. The van der Waals surface area contributed by atoms with Gasteiger partial charge in [0.2, 0.25) is 0 Å². The minimum absolute atomic E-state index is 0.167. The van der Waals surface area contributed by atoms with Crippen molar-refractivity contribution in [1.82, 2.24) is 0 Å². The van der Waals surface area contributed by atoms with E-state index in [1.165, 1.54) is 13.5 Å². The van der Waals surface area contributed by atoms with E-state index in [1.807, 2.05) is 0 Å². The molecule has 30 heavy (non-hydrogen) atoms. The number of aldehydes is 2. The van der Waals surface area contributed by atoms with Crippen LogP contribution in [0.1, 0.15) is 92.0 Å². The zero-order chi connectivity index (χ0) is 21.8. The van der Waals surface area contributed by atoms with Gasteiger partial charge in [0.15, 0.2) is 12.6 Å². The number of methoxy groups -OCH3 is 2. The fourth-order valence-corrected chi connectivity index (χ4v) is 6.77. The molecule has 5 rings (SSSR count). The Hall–Kier alpha value is -2.04.